The third-order valence-corrected chi connectivity index (χ3v) is 2.93. The molecule has 0 aliphatic rings. The molecule has 0 aliphatic carbocycles. The Bertz CT molecular complexity index is 526. The lowest BCUT2D eigenvalue weighted by atomic mass is 10.1. The highest BCUT2D eigenvalue weighted by atomic mass is 16.5. The average molecular weight is 256 g/mol. The minimum Gasteiger partial charge on any atom is -0.455 e. The van der Waals surface area contributed by atoms with Gasteiger partial charge in [-0.15, -0.1) is 0 Å². The highest BCUT2D eigenvalue weighted by Gasteiger charge is 2.03. The summed E-state index contributed by atoms with van der Waals surface area (Å²) in [4.78, 5) is 4.22. The SMILES string of the molecule is CCNCc1cncc(Oc2ccccc2CC)c1. The molecule has 2 rings (SSSR count). The van der Waals surface area contributed by atoms with Crippen LogP contribution in [0.4, 0.5) is 0 Å². The number of nitrogens with zero attached hydrogens (tertiary/aromatic N) is 1. The van der Waals surface area contributed by atoms with Crippen molar-refractivity contribution in [3.05, 3.63) is 53.9 Å². The number of aryl methyl sites for hydroxylation is 1. The summed E-state index contributed by atoms with van der Waals surface area (Å²) in [5, 5.41) is 3.28. The van der Waals surface area contributed by atoms with E-state index < -0.39 is 0 Å². The molecule has 0 fully saturated rings. The van der Waals surface area contributed by atoms with Crippen molar-refractivity contribution in [1.82, 2.24) is 10.3 Å². The van der Waals surface area contributed by atoms with E-state index in [0.717, 1.165) is 36.6 Å². The summed E-state index contributed by atoms with van der Waals surface area (Å²) >= 11 is 0. The summed E-state index contributed by atoms with van der Waals surface area (Å²) in [7, 11) is 0. The number of benzene rings is 1. The van der Waals surface area contributed by atoms with Crippen LogP contribution in [0.15, 0.2) is 42.7 Å². The van der Waals surface area contributed by atoms with Gasteiger partial charge in [-0.05, 0) is 36.2 Å². The first kappa shape index (κ1) is 13.6. The first-order valence-corrected chi connectivity index (χ1v) is 6.74. The zero-order valence-electron chi connectivity index (χ0n) is 11.5. The van der Waals surface area contributed by atoms with Crippen molar-refractivity contribution in [3.8, 4) is 11.5 Å². The van der Waals surface area contributed by atoms with Crippen LogP contribution in [0.5, 0.6) is 11.5 Å². The molecule has 0 unspecified atom stereocenters. The van der Waals surface area contributed by atoms with E-state index in [0.29, 0.717) is 0 Å². The highest BCUT2D eigenvalue weighted by Crippen LogP contribution is 2.25. The lowest BCUT2D eigenvalue weighted by Gasteiger charge is -2.10. The van der Waals surface area contributed by atoms with E-state index in [9.17, 15) is 0 Å². The summed E-state index contributed by atoms with van der Waals surface area (Å²) in [6.45, 7) is 5.98. The Kier molecular flexibility index (Phi) is 4.93. The fourth-order valence-corrected chi connectivity index (χ4v) is 1.91. The topological polar surface area (TPSA) is 34.2 Å². The summed E-state index contributed by atoms with van der Waals surface area (Å²) in [5.41, 5.74) is 2.34. The fraction of sp³-hybridized carbons (Fsp3) is 0.312. The summed E-state index contributed by atoms with van der Waals surface area (Å²) < 4.78 is 5.93. The number of hydrogen-bond donors (Lipinski definition) is 1. The Labute approximate surface area is 114 Å². The number of para-hydroxylation sites is 1. The van der Waals surface area contributed by atoms with Crippen molar-refractivity contribution in [1.29, 1.82) is 0 Å². The molecule has 3 heteroatoms. The summed E-state index contributed by atoms with van der Waals surface area (Å²) in [6, 6.07) is 10.1. The molecule has 0 spiro atoms. The van der Waals surface area contributed by atoms with Crippen LogP contribution < -0.4 is 10.1 Å². The van der Waals surface area contributed by atoms with Gasteiger partial charge >= 0.3 is 0 Å². The van der Waals surface area contributed by atoms with Crippen molar-refractivity contribution < 1.29 is 4.74 Å². The molecule has 2 aromatic rings. The third kappa shape index (κ3) is 3.80. The number of nitrogens with one attached hydrogen (secondary N) is 1. The Morgan fingerprint density at radius 1 is 1.16 bits per heavy atom. The maximum Gasteiger partial charge on any atom is 0.146 e. The second-order valence-electron chi connectivity index (χ2n) is 4.37. The van der Waals surface area contributed by atoms with Crippen molar-refractivity contribution in [2.45, 2.75) is 26.8 Å². The second kappa shape index (κ2) is 6.90. The fourth-order valence-electron chi connectivity index (χ4n) is 1.91. The van der Waals surface area contributed by atoms with E-state index in [4.69, 9.17) is 4.74 Å². The Morgan fingerprint density at radius 2 is 2.00 bits per heavy atom. The van der Waals surface area contributed by atoms with Crippen LogP contribution in [0, 0.1) is 0 Å². The van der Waals surface area contributed by atoms with E-state index in [1.165, 1.54) is 5.56 Å². The molecule has 0 amide bonds. The normalized spacial score (nSPS) is 10.4. The van der Waals surface area contributed by atoms with Gasteiger partial charge in [0.05, 0.1) is 6.20 Å². The van der Waals surface area contributed by atoms with Crippen LogP contribution in [-0.4, -0.2) is 11.5 Å². The van der Waals surface area contributed by atoms with Gasteiger partial charge in [0.2, 0.25) is 0 Å². The molecule has 1 N–H and O–H groups in total. The quantitative estimate of drug-likeness (QED) is 0.858. The first-order chi connectivity index (χ1) is 9.33. The van der Waals surface area contributed by atoms with E-state index >= 15 is 0 Å². The zero-order chi connectivity index (χ0) is 13.5. The number of ether oxygens (including phenoxy) is 1. The largest absolute Gasteiger partial charge is 0.455 e. The maximum absolute atomic E-state index is 5.93. The average Bonchev–Trinajstić information content (AvgIpc) is 2.46. The molecule has 0 aliphatic heterocycles. The van der Waals surface area contributed by atoms with Crippen LogP contribution in [0.25, 0.3) is 0 Å². The first-order valence-electron chi connectivity index (χ1n) is 6.74. The van der Waals surface area contributed by atoms with Crippen molar-refractivity contribution in [2.24, 2.45) is 0 Å². The smallest absolute Gasteiger partial charge is 0.146 e. The number of rotatable bonds is 6. The lowest BCUT2D eigenvalue weighted by molar-refractivity contribution is 0.473. The van der Waals surface area contributed by atoms with Crippen LogP contribution in [0.1, 0.15) is 25.0 Å². The molecule has 0 atom stereocenters. The molecule has 0 radical (unpaired) electrons. The molecular formula is C16H20N2O. The molecule has 1 aromatic carbocycles. The van der Waals surface area contributed by atoms with Gasteiger partial charge in [-0.1, -0.05) is 32.0 Å². The van der Waals surface area contributed by atoms with Gasteiger partial charge in [0.15, 0.2) is 0 Å². The van der Waals surface area contributed by atoms with Crippen LogP contribution in [0.3, 0.4) is 0 Å². The van der Waals surface area contributed by atoms with E-state index in [2.05, 4.69) is 30.2 Å². The summed E-state index contributed by atoms with van der Waals surface area (Å²) in [5.74, 6) is 1.70. The van der Waals surface area contributed by atoms with Gasteiger partial charge in [-0.25, -0.2) is 0 Å². The van der Waals surface area contributed by atoms with Crippen LogP contribution in [0.2, 0.25) is 0 Å². The number of hydrogen-bond acceptors (Lipinski definition) is 3. The van der Waals surface area contributed by atoms with Gasteiger partial charge in [0, 0.05) is 12.7 Å². The predicted molar refractivity (Wildman–Crippen MR) is 77.5 cm³/mol. The van der Waals surface area contributed by atoms with Crippen molar-refractivity contribution in [2.75, 3.05) is 6.54 Å². The zero-order valence-corrected chi connectivity index (χ0v) is 11.5. The molecule has 100 valence electrons. The maximum atomic E-state index is 5.93. The Hall–Kier alpha value is -1.87. The molecule has 0 bridgehead atoms. The molecule has 19 heavy (non-hydrogen) atoms. The van der Waals surface area contributed by atoms with Crippen molar-refractivity contribution >= 4 is 0 Å². The number of pyridine rings is 1. The molecule has 0 saturated carbocycles. The van der Waals surface area contributed by atoms with E-state index in [1.807, 2.05) is 30.5 Å². The lowest BCUT2D eigenvalue weighted by Crippen LogP contribution is -2.11. The molecule has 1 heterocycles. The van der Waals surface area contributed by atoms with Gasteiger partial charge in [-0.2, -0.15) is 0 Å². The Morgan fingerprint density at radius 3 is 2.79 bits per heavy atom. The Balaban J connectivity index is 2.14. The van der Waals surface area contributed by atoms with Crippen molar-refractivity contribution in [3.63, 3.8) is 0 Å². The predicted octanol–water partition coefficient (Wildman–Crippen LogP) is 3.55. The van der Waals surface area contributed by atoms with E-state index in [1.54, 1.807) is 6.20 Å². The molecule has 3 nitrogen and oxygen atoms in total. The number of aromatic nitrogens is 1. The monoisotopic (exact) mass is 256 g/mol. The van der Waals surface area contributed by atoms with E-state index in [-0.39, 0.29) is 0 Å². The second-order valence-corrected chi connectivity index (χ2v) is 4.37. The van der Waals surface area contributed by atoms with Gasteiger partial charge in [-0.3, -0.25) is 4.98 Å². The minimum absolute atomic E-state index is 0.788. The minimum atomic E-state index is 0.788. The molecular weight excluding hydrogens is 236 g/mol. The van der Waals surface area contributed by atoms with Gasteiger partial charge < -0.3 is 10.1 Å². The van der Waals surface area contributed by atoms with Gasteiger partial charge in [0.25, 0.3) is 0 Å². The van der Waals surface area contributed by atoms with Crippen LogP contribution >= 0.6 is 0 Å². The van der Waals surface area contributed by atoms with Crippen LogP contribution in [-0.2, 0) is 13.0 Å². The third-order valence-electron chi connectivity index (χ3n) is 2.93. The standard InChI is InChI=1S/C16H20N2O/c1-3-14-7-5-6-8-16(14)19-15-9-13(10-17-4-2)11-18-12-15/h5-9,11-12,17H,3-4,10H2,1-2H3. The summed E-state index contributed by atoms with van der Waals surface area (Å²) in [6.07, 6.45) is 4.57. The van der Waals surface area contributed by atoms with Gasteiger partial charge in [0.1, 0.15) is 11.5 Å². The highest BCUT2D eigenvalue weighted by molar-refractivity contribution is 5.37. The molecule has 0 saturated heterocycles. The molecule has 1 aromatic heterocycles.